The van der Waals surface area contributed by atoms with E-state index in [1.165, 1.54) is 0 Å². The summed E-state index contributed by atoms with van der Waals surface area (Å²) in [5, 5.41) is 0. The van der Waals surface area contributed by atoms with Crippen molar-refractivity contribution in [1.82, 2.24) is 0 Å². The highest BCUT2D eigenvalue weighted by Crippen LogP contribution is 2.30. The lowest BCUT2D eigenvalue weighted by Crippen LogP contribution is -2.37. The first-order valence-electron chi connectivity index (χ1n) is 8.45. The maximum absolute atomic E-state index is 12.4. The van der Waals surface area contributed by atoms with Gasteiger partial charge in [0, 0.05) is 31.5 Å². The summed E-state index contributed by atoms with van der Waals surface area (Å²) in [5.74, 6) is -0.0180. The predicted octanol–water partition coefficient (Wildman–Crippen LogP) is 2.55. The number of carbonyl (C=O) groups is 1. The Morgan fingerprint density at radius 1 is 1.12 bits per heavy atom. The Morgan fingerprint density at radius 3 is 2.62 bits per heavy atom. The zero-order valence-corrected chi connectivity index (χ0v) is 15.5. The largest absolute Gasteiger partial charge is 0.383 e. The maximum atomic E-state index is 12.4. The summed E-state index contributed by atoms with van der Waals surface area (Å²) in [4.78, 5) is 13.8. The normalized spacial score (nSPS) is 14.2. The Balaban J connectivity index is 1.77. The monoisotopic (exact) mass is 374 g/mol. The van der Waals surface area contributed by atoms with Gasteiger partial charge in [-0.2, -0.15) is 0 Å². The number of aryl methyl sites for hydroxylation is 1. The second-order valence-electron chi connectivity index (χ2n) is 6.23. The average Bonchev–Trinajstić information content (AvgIpc) is 2.61. The van der Waals surface area contributed by atoms with Gasteiger partial charge >= 0.3 is 0 Å². The molecule has 0 saturated carbocycles. The molecule has 1 aliphatic heterocycles. The van der Waals surface area contributed by atoms with E-state index in [1.54, 1.807) is 36.3 Å². The third-order valence-electron chi connectivity index (χ3n) is 4.27. The molecule has 0 aliphatic carbocycles. The fraction of sp³-hybridized carbons (Fsp3) is 0.316. The van der Waals surface area contributed by atoms with Crippen LogP contribution in [-0.4, -0.2) is 34.6 Å². The third-order valence-corrected chi connectivity index (χ3v) is 5.53. The quantitative estimate of drug-likeness (QED) is 0.808. The molecule has 0 atom stereocenters. The Bertz CT molecular complexity index is 882. The van der Waals surface area contributed by atoms with E-state index in [0.717, 1.165) is 16.8 Å². The second-order valence-corrected chi connectivity index (χ2v) is 7.95. The number of ether oxygens (including phenoxy) is 1. The van der Waals surface area contributed by atoms with Crippen molar-refractivity contribution in [3.8, 4) is 0 Å². The van der Waals surface area contributed by atoms with Crippen LogP contribution >= 0.6 is 0 Å². The number of fused-ring (bicyclic) bond motifs is 1. The Labute approximate surface area is 153 Å². The Kier molecular flexibility index (Phi) is 5.58. The summed E-state index contributed by atoms with van der Waals surface area (Å²) in [5.41, 5.74) is 3.03. The van der Waals surface area contributed by atoms with Crippen molar-refractivity contribution in [2.75, 3.05) is 29.9 Å². The molecular weight excluding hydrogens is 352 g/mol. The van der Waals surface area contributed by atoms with Crippen LogP contribution in [0.3, 0.4) is 0 Å². The standard InChI is InChI=1S/C19H22N2O4S/c1-25-12-11-21-18-9-8-17(13-16(18)7-10-19(21)22)20-26(23,24)14-15-5-3-2-4-6-15/h2-6,8-9,13,20H,7,10-12,14H2,1H3. The first kappa shape index (κ1) is 18.4. The molecule has 0 unspecified atom stereocenters. The maximum Gasteiger partial charge on any atom is 0.236 e. The number of methoxy groups -OCH3 is 1. The van der Waals surface area contributed by atoms with Crippen LogP contribution in [-0.2, 0) is 31.7 Å². The molecule has 26 heavy (non-hydrogen) atoms. The molecule has 2 aromatic carbocycles. The van der Waals surface area contributed by atoms with Crippen LogP contribution in [0.5, 0.6) is 0 Å². The SMILES string of the molecule is COCCN1C(=O)CCc2cc(NS(=O)(=O)Cc3ccccc3)ccc21. The summed E-state index contributed by atoms with van der Waals surface area (Å²) in [6, 6.07) is 14.3. The fourth-order valence-electron chi connectivity index (χ4n) is 3.06. The highest BCUT2D eigenvalue weighted by Gasteiger charge is 2.24. The van der Waals surface area contributed by atoms with Gasteiger partial charge in [-0.05, 0) is 35.7 Å². The van der Waals surface area contributed by atoms with Crippen molar-refractivity contribution in [2.24, 2.45) is 0 Å². The highest BCUT2D eigenvalue weighted by molar-refractivity contribution is 7.91. The molecule has 1 N–H and O–H groups in total. The molecule has 0 fully saturated rings. The molecule has 1 heterocycles. The van der Waals surface area contributed by atoms with E-state index < -0.39 is 10.0 Å². The van der Waals surface area contributed by atoms with Crippen molar-refractivity contribution in [3.05, 3.63) is 59.7 Å². The van der Waals surface area contributed by atoms with Crippen LogP contribution in [0.4, 0.5) is 11.4 Å². The molecule has 0 spiro atoms. The molecule has 1 amide bonds. The summed E-state index contributed by atoms with van der Waals surface area (Å²) in [6.07, 6.45) is 1.02. The topological polar surface area (TPSA) is 75.7 Å². The number of nitrogens with one attached hydrogen (secondary N) is 1. The molecule has 0 bridgehead atoms. The Morgan fingerprint density at radius 2 is 1.88 bits per heavy atom. The summed E-state index contributed by atoms with van der Waals surface area (Å²) in [6.45, 7) is 0.943. The summed E-state index contributed by atoms with van der Waals surface area (Å²) >= 11 is 0. The van der Waals surface area contributed by atoms with Gasteiger partial charge in [-0.3, -0.25) is 9.52 Å². The van der Waals surface area contributed by atoms with Crippen LogP contribution < -0.4 is 9.62 Å². The van der Waals surface area contributed by atoms with Gasteiger partial charge in [0.2, 0.25) is 15.9 Å². The molecular formula is C19H22N2O4S. The van der Waals surface area contributed by atoms with E-state index in [1.807, 2.05) is 24.3 Å². The Hall–Kier alpha value is -2.38. The lowest BCUT2D eigenvalue weighted by molar-refractivity contribution is -0.119. The van der Waals surface area contributed by atoms with E-state index in [2.05, 4.69) is 4.72 Å². The number of benzene rings is 2. The highest BCUT2D eigenvalue weighted by atomic mass is 32.2. The van der Waals surface area contributed by atoms with E-state index in [9.17, 15) is 13.2 Å². The number of hydrogen-bond donors (Lipinski definition) is 1. The van der Waals surface area contributed by atoms with Crippen molar-refractivity contribution >= 4 is 27.3 Å². The van der Waals surface area contributed by atoms with Crippen molar-refractivity contribution in [1.29, 1.82) is 0 Å². The molecule has 3 rings (SSSR count). The third kappa shape index (κ3) is 4.42. The minimum absolute atomic E-state index is 0.0620. The van der Waals surface area contributed by atoms with Crippen molar-refractivity contribution < 1.29 is 17.9 Å². The van der Waals surface area contributed by atoms with Crippen LogP contribution in [0.2, 0.25) is 0 Å². The molecule has 0 aromatic heterocycles. The minimum atomic E-state index is -3.50. The van der Waals surface area contributed by atoms with Gasteiger partial charge in [-0.15, -0.1) is 0 Å². The average molecular weight is 374 g/mol. The number of amides is 1. The zero-order valence-electron chi connectivity index (χ0n) is 14.6. The van der Waals surface area contributed by atoms with Crippen LogP contribution in [0.25, 0.3) is 0 Å². The summed E-state index contributed by atoms with van der Waals surface area (Å²) in [7, 11) is -1.91. The van der Waals surface area contributed by atoms with Crippen molar-refractivity contribution in [3.63, 3.8) is 0 Å². The van der Waals surface area contributed by atoms with Gasteiger partial charge in [-0.1, -0.05) is 30.3 Å². The van der Waals surface area contributed by atoms with Crippen LogP contribution in [0.1, 0.15) is 17.5 Å². The van der Waals surface area contributed by atoms with E-state index in [-0.39, 0.29) is 11.7 Å². The van der Waals surface area contributed by atoms with Gasteiger partial charge in [0.05, 0.1) is 12.4 Å². The lowest BCUT2D eigenvalue weighted by Gasteiger charge is -2.29. The fourth-order valence-corrected chi connectivity index (χ4v) is 4.25. The van der Waals surface area contributed by atoms with E-state index in [4.69, 9.17) is 4.74 Å². The van der Waals surface area contributed by atoms with E-state index in [0.29, 0.717) is 31.7 Å². The zero-order chi connectivity index (χ0) is 18.6. The van der Waals surface area contributed by atoms with Crippen LogP contribution in [0.15, 0.2) is 48.5 Å². The number of rotatable bonds is 7. The smallest absolute Gasteiger partial charge is 0.236 e. The number of anilines is 2. The molecule has 2 aromatic rings. The van der Waals surface area contributed by atoms with Gasteiger partial charge < -0.3 is 9.64 Å². The van der Waals surface area contributed by atoms with Gasteiger partial charge in [0.15, 0.2) is 0 Å². The summed E-state index contributed by atoms with van der Waals surface area (Å²) < 4.78 is 32.5. The van der Waals surface area contributed by atoms with Gasteiger partial charge in [-0.25, -0.2) is 8.42 Å². The lowest BCUT2D eigenvalue weighted by atomic mass is 10.0. The molecule has 1 aliphatic rings. The second kappa shape index (κ2) is 7.88. The number of hydrogen-bond acceptors (Lipinski definition) is 4. The van der Waals surface area contributed by atoms with Crippen LogP contribution in [0, 0.1) is 0 Å². The molecule has 0 radical (unpaired) electrons. The first-order chi connectivity index (χ1) is 12.5. The first-order valence-corrected chi connectivity index (χ1v) is 10.1. The minimum Gasteiger partial charge on any atom is -0.383 e. The van der Waals surface area contributed by atoms with Gasteiger partial charge in [0.1, 0.15) is 0 Å². The molecule has 138 valence electrons. The number of carbonyl (C=O) groups excluding carboxylic acids is 1. The van der Waals surface area contributed by atoms with E-state index >= 15 is 0 Å². The van der Waals surface area contributed by atoms with Crippen molar-refractivity contribution in [2.45, 2.75) is 18.6 Å². The number of nitrogens with zero attached hydrogens (tertiary/aromatic N) is 1. The van der Waals surface area contributed by atoms with Gasteiger partial charge in [0.25, 0.3) is 0 Å². The predicted molar refractivity (Wildman–Crippen MR) is 102 cm³/mol. The molecule has 6 nitrogen and oxygen atoms in total. The number of sulfonamides is 1. The molecule has 0 saturated heterocycles. The molecule has 7 heteroatoms.